The predicted molar refractivity (Wildman–Crippen MR) is 135 cm³/mol. The lowest BCUT2D eigenvalue weighted by Crippen LogP contribution is -2.32. The van der Waals surface area contributed by atoms with Crippen LogP contribution in [0.25, 0.3) is 11.1 Å². The Balaban J connectivity index is 1.23. The number of carbonyl (C=O) groups excluding carboxylic acids is 1. The van der Waals surface area contributed by atoms with Crippen LogP contribution in [0.5, 0.6) is 0 Å². The summed E-state index contributed by atoms with van der Waals surface area (Å²) < 4.78 is 27.5. The van der Waals surface area contributed by atoms with E-state index in [2.05, 4.69) is 29.6 Å². The van der Waals surface area contributed by atoms with Gasteiger partial charge in [0.05, 0.1) is 52.9 Å². The molecule has 0 aromatic heterocycles. The quantitative estimate of drug-likeness (QED) is 0.344. The second-order valence-electron chi connectivity index (χ2n) is 8.28. The molecule has 8 heteroatoms. The molecule has 35 heavy (non-hydrogen) atoms. The molecule has 2 aromatic carbocycles. The average molecular weight is 487 g/mol. The number of nitrogens with one attached hydrogen (secondary N) is 1. The molecule has 0 radical (unpaired) electrons. The Morgan fingerprint density at radius 3 is 1.80 bits per heavy atom. The van der Waals surface area contributed by atoms with Gasteiger partial charge in [-0.15, -0.1) is 0 Å². The number of likely N-dealkylation sites (N-methyl/N-ethyl adjacent to an activating group) is 2. The normalized spacial score (nSPS) is 12.4. The van der Waals surface area contributed by atoms with Crippen molar-refractivity contribution in [1.82, 2.24) is 10.2 Å². The molecule has 0 heterocycles. The number of fused-ring (bicyclic) bond motifs is 3. The molecule has 1 aliphatic rings. The fourth-order valence-electron chi connectivity index (χ4n) is 3.93. The monoisotopic (exact) mass is 486 g/mol. The second-order valence-corrected chi connectivity index (χ2v) is 8.28. The summed E-state index contributed by atoms with van der Waals surface area (Å²) in [7, 11) is 3.61. The first-order valence-electron chi connectivity index (χ1n) is 12.2. The van der Waals surface area contributed by atoms with Gasteiger partial charge in [-0.2, -0.15) is 0 Å². The lowest BCUT2D eigenvalue weighted by molar-refractivity contribution is -0.00304. The number of hydrogen-bond acceptors (Lipinski definition) is 7. The lowest BCUT2D eigenvalue weighted by Gasteiger charge is -2.19. The summed E-state index contributed by atoms with van der Waals surface area (Å²) in [6, 6.07) is 16.6. The van der Waals surface area contributed by atoms with E-state index < -0.39 is 0 Å². The van der Waals surface area contributed by atoms with E-state index in [0.717, 1.165) is 6.54 Å². The number of hydrogen-bond donors (Lipinski definition) is 1. The van der Waals surface area contributed by atoms with E-state index in [0.29, 0.717) is 66.0 Å². The number of amides is 1. The highest BCUT2D eigenvalue weighted by Crippen LogP contribution is 2.44. The number of rotatable bonds is 17. The number of carbonyl (C=O) groups is 1. The predicted octanol–water partition coefficient (Wildman–Crippen LogP) is 3.15. The summed E-state index contributed by atoms with van der Waals surface area (Å²) in [6.07, 6.45) is -0.348. The number of nitrogens with zero attached hydrogens (tertiary/aromatic N) is 1. The van der Waals surface area contributed by atoms with Crippen LogP contribution in [0.1, 0.15) is 17.0 Å². The summed E-state index contributed by atoms with van der Waals surface area (Å²) in [5, 5.41) is 3.02. The summed E-state index contributed by atoms with van der Waals surface area (Å²) >= 11 is 0. The molecule has 0 unspecified atom stereocenters. The van der Waals surface area contributed by atoms with Crippen molar-refractivity contribution in [3.63, 3.8) is 0 Å². The van der Waals surface area contributed by atoms with Crippen LogP contribution in [-0.4, -0.2) is 97.6 Å². The van der Waals surface area contributed by atoms with Gasteiger partial charge < -0.3 is 33.9 Å². The number of ether oxygens (including phenoxy) is 5. The first-order chi connectivity index (χ1) is 17.2. The van der Waals surface area contributed by atoms with E-state index in [4.69, 9.17) is 23.7 Å². The Kier molecular flexibility index (Phi) is 12.0. The Labute approximate surface area is 208 Å². The van der Waals surface area contributed by atoms with Crippen molar-refractivity contribution in [3.05, 3.63) is 59.7 Å². The van der Waals surface area contributed by atoms with Gasteiger partial charge in [0.1, 0.15) is 6.61 Å². The molecule has 0 spiro atoms. The van der Waals surface area contributed by atoms with Gasteiger partial charge in [-0.05, 0) is 29.3 Å². The topological polar surface area (TPSA) is 78.5 Å². The average Bonchev–Trinajstić information content (AvgIpc) is 3.21. The van der Waals surface area contributed by atoms with E-state index in [1.165, 1.54) is 22.3 Å². The van der Waals surface area contributed by atoms with Crippen molar-refractivity contribution >= 4 is 6.09 Å². The van der Waals surface area contributed by atoms with E-state index in [1.54, 1.807) is 11.9 Å². The van der Waals surface area contributed by atoms with Crippen LogP contribution in [0.15, 0.2) is 48.5 Å². The van der Waals surface area contributed by atoms with E-state index >= 15 is 0 Å². The first-order valence-corrected chi connectivity index (χ1v) is 12.2. The zero-order valence-corrected chi connectivity index (χ0v) is 20.9. The number of benzene rings is 2. The highest BCUT2D eigenvalue weighted by molar-refractivity contribution is 5.79. The minimum absolute atomic E-state index is 0.0583. The van der Waals surface area contributed by atoms with Gasteiger partial charge >= 0.3 is 6.09 Å². The molecule has 0 saturated carbocycles. The minimum atomic E-state index is -0.348. The molecule has 192 valence electrons. The van der Waals surface area contributed by atoms with Crippen molar-refractivity contribution in [2.45, 2.75) is 5.92 Å². The standard InChI is InChI=1S/C27H38N2O6/c1-28-11-13-31-15-17-33-19-20-34-18-16-32-14-12-29(2)27(30)35-21-26-24-9-5-3-7-22(24)23-8-4-6-10-25(23)26/h3-10,26,28H,11-21H2,1-2H3. The summed E-state index contributed by atoms with van der Waals surface area (Å²) in [6.45, 7) is 5.85. The van der Waals surface area contributed by atoms with Crippen molar-refractivity contribution in [3.8, 4) is 11.1 Å². The Hall–Kier alpha value is -2.49. The highest BCUT2D eigenvalue weighted by Gasteiger charge is 2.29. The fraction of sp³-hybridized carbons (Fsp3) is 0.519. The van der Waals surface area contributed by atoms with Crippen molar-refractivity contribution < 1.29 is 28.5 Å². The maximum atomic E-state index is 12.5. The Bertz CT molecular complexity index is 848. The molecule has 0 aliphatic heterocycles. The van der Waals surface area contributed by atoms with Gasteiger partial charge in [-0.1, -0.05) is 48.5 Å². The van der Waals surface area contributed by atoms with E-state index in [9.17, 15) is 4.79 Å². The molecule has 3 rings (SSSR count). The van der Waals surface area contributed by atoms with Crippen molar-refractivity contribution in [1.29, 1.82) is 0 Å². The van der Waals surface area contributed by atoms with Crippen LogP contribution in [-0.2, 0) is 23.7 Å². The molecule has 8 nitrogen and oxygen atoms in total. The molecule has 0 saturated heterocycles. The molecule has 1 N–H and O–H groups in total. The van der Waals surface area contributed by atoms with Gasteiger partial charge in [-0.25, -0.2) is 4.79 Å². The molecule has 1 aliphatic carbocycles. The summed E-state index contributed by atoms with van der Waals surface area (Å²) in [5.41, 5.74) is 4.84. The van der Waals surface area contributed by atoms with Gasteiger partial charge in [0.15, 0.2) is 0 Å². The Morgan fingerprint density at radius 1 is 0.771 bits per heavy atom. The third kappa shape index (κ3) is 8.59. The molecular formula is C27H38N2O6. The van der Waals surface area contributed by atoms with Crippen molar-refractivity contribution in [2.24, 2.45) is 0 Å². The largest absolute Gasteiger partial charge is 0.448 e. The van der Waals surface area contributed by atoms with E-state index in [1.807, 2.05) is 31.3 Å². The van der Waals surface area contributed by atoms with Crippen LogP contribution < -0.4 is 5.32 Å². The molecule has 1 amide bonds. The van der Waals surface area contributed by atoms with Crippen LogP contribution in [0, 0.1) is 0 Å². The first kappa shape index (κ1) is 27.1. The zero-order chi connectivity index (χ0) is 24.7. The maximum Gasteiger partial charge on any atom is 0.409 e. The van der Waals surface area contributed by atoms with E-state index in [-0.39, 0.29) is 12.0 Å². The Morgan fingerprint density at radius 2 is 1.26 bits per heavy atom. The third-order valence-corrected chi connectivity index (χ3v) is 5.83. The van der Waals surface area contributed by atoms with Crippen LogP contribution in [0.4, 0.5) is 4.79 Å². The highest BCUT2D eigenvalue weighted by atomic mass is 16.6. The van der Waals surface area contributed by atoms with Gasteiger partial charge in [0, 0.05) is 26.1 Å². The molecule has 0 bridgehead atoms. The SMILES string of the molecule is CNCCOCCOCCOCCOCCN(C)C(=O)OCC1c2ccccc2-c2ccccc21. The van der Waals surface area contributed by atoms with Crippen molar-refractivity contribution in [2.75, 3.05) is 86.6 Å². The molecule has 0 atom stereocenters. The summed E-state index contributed by atoms with van der Waals surface area (Å²) in [5.74, 6) is 0.0583. The maximum absolute atomic E-state index is 12.5. The lowest BCUT2D eigenvalue weighted by atomic mass is 9.98. The third-order valence-electron chi connectivity index (χ3n) is 5.83. The minimum Gasteiger partial charge on any atom is -0.448 e. The summed E-state index contributed by atoms with van der Waals surface area (Å²) in [4.78, 5) is 14.0. The zero-order valence-electron chi connectivity index (χ0n) is 20.9. The van der Waals surface area contributed by atoms with Gasteiger partial charge in [-0.3, -0.25) is 0 Å². The second kappa shape index (κ2) is 15.5. The van der Waals surface area contributed by atoms with Crippen LogP contribution in [0.2, 0.25) is 0 Å². The van der Waals surface area contributed by atoms with Crippen LogP contribution >= 0.6 is 0 Å². The van der Waals surface area contributed by atoms with Crippen LogP contribution in [0.3, 0.4) is 0 Å². The molecule has 2 aromatic rings. The van der Waals surface area contributed by atoms with Gasteiger partial charge in [0.2, 0.25) is 0 Å². The molecular weight excluding hydrogens is 448 g/mol. The molecule has 0 fully saturated rings. The smallest absolute Gasteiger partial charge is 0.409 e. The fourth-order valence-corrected chi connectivity index (χ4v) is 3.93. The van der Waals surface area contributed by atoms with Gasteiger partial charge in [0.25, 0.3) is 0 Å².